The van der Waals surface area contributed by atoms with Crippen LogP contribution in [0.15, 0.2) is 72.8 Å². The second kappa shape index (κ2) is 8.14. The third-order valence-corrected chi connectivity index (χ3v) is 5.15. The van der Waals surface area contributed by atoms with Crippen LogP contribution in [0.5, 0.6) is 0 Å². The van der Waals surface area contributed by atoms with Crippen LogP contribution in [-0.2, 0) is 12.8 Å². The van der Waals surface area contributed by atoms with E-state index in [0.29, 0.717) is 30.8 Å². The van der Waals surface area contributed by atoms with Gasteiger partial charge in [-0.05, 0) is 42.2 Å². The lowest BCUT2D eigenvalue weighted by Gasteiger charge is -2.19. The summed E-state index contributed by atoms with van der Waals surface area (Å²) >= 11 is 0. The Kier molecular flexibility index (Phi) is 5.24. The lowest BCUT2D eigenvalue weighted by atomic mass is 10.1. The second-order valence-electron chi connectivity index (χ2n) is 6.98. The molecule has 0 fully saturated rings. The highest BCUT2D eigenvalue weighted by Gasteiger charge is 2.27. The van der Waals surface area contributed by atoms with Crippen molar-refractivity contribution in [2.45, 2.75) is 12.8 Å². The molecule has 1 aliphatic rings. The molecule has 0 bridgehead atoms. The number of benzene rings is 3. The van der Waals surface area contributed by atoms with Crippen LogP contribution in [0.2, 0.25) is 0 Å². The van der Waals surface area contributed by atoms with E-state index in [9.17, 15) is 14.9 Å². The number of nitro groups is 1. The molecule has 0 saturated carbocycles. The molecule has 146 valence electrons. The normalized spacial score (nSPS) is 12.5. The first-order valence-electron chi connectivity index (χ1n) is 9.59. The fraction of sp³-hybridized carbons (Fsp3) is 0.174. The Morgan fingerprint density at radius 2 is 1.76 bits per heavy atom. The summed E-state index contributed by atoms with van der Waals surface area (Å²) < 4.78 is 0. The van der Waals surface area contributed by atoms with Crippen LogP contribution >= 0.6 is 0 Å². The van der Waals surface area contributed by atoms with Gasteiger partial charge in [-0.15, -0.1) is 0 Å². The van der Waals surface area contributed by atoms with Crippen molar-refractivity contribution >= 4 is 23.0 Å². The minimum absolute atomic E-state index is 0.0580. The molecule has 29 heavy (non-hydrogen) atoms. The summed E-state index contributed by atoms with van der Waals surface area (Å²) in [6, 6.07) is 22.5. The number of hydrogen-bond donors (Lipinski definition) is 1. The van der Waals surface area contributed by atoms with E-state index in [2.05, 4.69) is 5.32 Å². The highest BCUT2D eigenvalue weighted by atomic mass is 16.6. The summed E-state index contributed by atoms with van der Waals surface area (Å²) in [6.45, 7) is 1.15. The highest BCUT2D eigenvalue weighted by molar-refractivity contribution is 5.96. The van der Waals surface area contributed by atoms with E-state index < -0.39 is 4.92 Å². The van der Waals surface area contributed by atoms with Gasteiger partial charge in [0.1, 0.15) is 5.69 Å². The molecule has 0 spiro atoms. The van der Waals surface area contributed by atoms with Crippen molar-refractivity contribution in [1.29, 1.82) is 0 Å². The summed E-state index contributed by atoms with van der Waals surface area (Å²) in [5.74, 6) is -0.308. The average Bonchev–Trinajstić information content (AvgIpc) is 3.18. The molecule has 0 radical (unpaired) electrons. The van der Waals surface area contributed by atoms with Crippen molar-refractivity contribution in [3.63, 3.8) is 0 Å². The lowest BCUT2D eigenvalue weighted by molar-refractivity contribution is -0.384. The fourth-order valence-corrected chi connectivity index (χ4v) is 3.69. The Balaban J connectivity index is 1.52. The minimum atomic E-state index is -0.420. The number of hydrogen-bond acceptors (Lipinski definition) is 4. The van der Waals surface area contributed by atoms with Gasteiger partial charge < -0.3 is 10.2 Å². The second-order valence-corrected chi connectivity index (χ2v) is 6.98. The van der Waals surface area contributed by atoms with Crippen LogP contribution < -0.4 is 10.2 Å². The van der Waals surface area contributed by atoms with Gasteiger partial charge in [-0.2, -0.15) is 0 Å². The predicted octanol–water partition coefficient (Wildman–Crippen LogP) is 4.26. The number of anilines is 2. The largest absolute Gasteiger partial charge is 0.352 e. The molecule has 6 nitrogen and oxygen atoms in total. The number of fused-ring (bicyclic) bond motifs is 1. The molecule has 6 heteroatoms. The van der Waals surface area contributed by atoms with Crippen LogP contribution in [0.4, 0.5) is 17.1 Å². The van der Waals surface area contributed by atoms with Gasteiger partial charge in [0, 0.05) is 30.4 Å². The summed E-state index contributed by atoms with van der Waals surface area (Å²) in [5, 5.41) is 14.6. The van der Waals surface area contributed by atoms with E-state index in [0.717, 1.165) is 17.7 Å². The standard InChI is InChI=1S/C23H21N3O3/c27-23(24-14-12-17-6-2-1-3-7-17)19-10-11-21(22(16-19)26(28)29)25-15-13-18-8-4-5-9-20(18)25/h1-11,16H,12-15H2,(H,24,27). The molecule has 3 aromatic rings. The molecular formula is C23H21N3O3. The SMILES string of the molecule is O=C(NCCc1ccccc1)c1ccc(N2CCc3ccccc32)c([N+](=O)[O-])c1. The molecule has 1 N–H and O–H groups in total. The van der Waals surface area contributed by atoms with Crippen LogP contribution in [-0.4, -0.2) is 23.9 Å². The van der Waals surface area contributed by atoms with Crippen molar-refractivity contribution in [1.82, 2.24) is 5.32 Å². The highest BCUT2D eigenvalue weighted by Crippen LogP contribution is 2.39. The van der Waals surface area contributed by atoms with E-state index in [4.69, 9.17) is 0 Å². The van der Waals surface area contributed by atoms with Crippen molar-refractivity contribution < 1.29 is 9.72 Å². The first kappa shape index (κ1) is 18.7. The number of nitro benzene ring substituents is 1. The molecule has 1 amide bonds. The van der Waals surface area contributed by atoms with Gasteiger partial charge in [0.05, 0.1) is 4.92 Å². The predicted molar refractivity (Wildman–Crippen MR) is 113 cm³/mol. The maximum Gasteiger partial charge on any atom is 0.293 e. The zero-order valence-corrected chi connectivity index (χ0v) is 15.9. The molecule has 0 saturated heterocycles. The Morgan fingerprint density at radius 1 is 1.00 bits per heavy atom. The first-order chi connectivity index (χ1) is 14.1. The maximum atomic E-state index is 12.5. The van der Waals surface area contributed by atoms with Crippen LogP contribution in [0.25, 0.3) is 0 Å². The third-order valence-electron chi connectivity index (χ3n) is 5.15. The van der Waals surface area contributed by atoms with E-state index in [1.807, 2.05) is 59.5 Å². The molecule has 1 aliphatic heterocycles. The molecule has 0 aromatic heterocycles. The van der Waals surface area contributed by atoms with Crippen molar-refractivity contribution in [3.05, 3.63) is 99.6 Å². The quantitative estimate of drug-likeness (QED) is 0.506. The van der Waals surface area contributed by atoms with Crippen LogP contribution in [0, 0.1) is 10.1 Å². The number of nitrogens with zero attached hydrogens (tertiary/aromatic N) is 2. The van der Waals surface area contributed by atoms with Crippen molar-refractivity contribution in [3.8, 4) is 0 Å². The molecule has 4 rings (SSSR count). The van der Waals surface area contributed by atoms with Gasteiger partial charge in [-0.3, -0.25) is 14.9 Å². The van der Waals surface area contributed by atoms with Crippen molar-refractivity contribution in [2.24, 2.45) is 0 Å². The molecular weight excluding hydrogens is 366 g/mol. The Labute approximate surface area is 168 Å². The van der Waals surface area contributed by atoms with Gasteiger partial charge in [0.15, 0.2) is 0 Å². The summed E-state index contributed by atoms with van der Waals surface area (Å²) in [7, 11) is 0. The van der Waals surface area contributed by atoms with E-state index >= 15 is 0 Å². The van der Waals surface area contributed by atoms with Gasteiger partial charge in [0.2, 0.25) is 0 Å². The summed E-state index contributed by atoms with van der Waals surface area (Å²) in [5.41, 5.74) is 4.03. The average molecular weight is 387 g/mol. The van der Waals surface area contributed by atoms with Crippen molar-refractivity contribution in [2.75, 3.05) is 18.0 Å². The topological polar surface area (TPSA) is 75.5 Å². The smallest absolute Gasteiger partial charge is 0.293 e. The third kappa shape index (κ3) is 3.96. The van der Waals surface area contributed by atoms with Gasteiger partial charge in [0.25, 0.3) is 11.6 Å². The number of rotatable bonds is 6. The Morgan fingerprint density at radius 3 is 2.55 bits per heavy atom. The Bertz CT molecular complexity index is 1050. The van der Waals surface area contributed by atoms with Gasteiger partial charge in [-0.25, -0.2) is 0 Å². The molecule has 1 heterocycles. The van der Waals surface area contributed by atoms with Gasteiger partial charge in [-0.1, -0.05) is 48.5 Å². The first-order valence-corrected chi connectivity index (χ1v) is 9.59. The maximum absolute atomic E-state index is 12.5. The van der Waals surface area contributed by atoms with E-state index in [1.54, 1.807) is 12.1 Å². The van der Waals surface area contributed by atoms with E-state index in [1.165, 1.54) is 11.6 Å². The molecule has 0 aliphatic carbocycles. The van der Waals surface area contributed by atoms with Crippen LogP contribution in [0.1, 0.15) is 21.5 Å². The lowest BCUT2D eigenvalue weighted by Crippen LogP contribution is -2.26. The number of nitrogens with one attached hydrogen (secondary N) is 1. The molecule has 3 aromatic carbocycles. The van der Waals surface area contributed by atoms with Gasteiger partial charge >= 0.3 is 0 Å². The number of amides is 1. The molecule has 0 unspecified atom stereocenters. The monoisotopic (exact) mass is 387 g/mol. The van der Waals surface area contributed by atoms with Crippen LogP contribution in [0.3, 0.4) is 0 Å². The number of para-hydroxylation sites is 1. The summed E-state index contributed by atoms with van der Waals surface area (Å²) in [4.78, 5) is 25.7. The summed E-state index contributed by atoms with van der Waals surface area (Å²) in [6.07, 6.45) is 1.55. The molecule has 0 atom stereocenters. The fourth-order valence-electron chi connectivity index (χ4n) is 3.69. The minimum Gasteiger partial charge on any atom is -0.352 e. The number of carbonyl (C=O) groups excluding carboxylic acids is 1. The zero-order chi connectivity index (χ0) is 20.2. The zero-order valence-electron chi connectivity index (χ0n) is 15.9. The Hall–Kier alpha value is -3.67. The van der Waals surface area contributed by atoms with E-state index in [-0.39, 0.29) is 11.6 Å². The number of carbonyl (C=O) groups is 1.